The van der Waals surface area contributed by atoms with Gasteiger partial charge >= 0.3 is 0 Å². The maximum atomic E-state index is 14.0. The first kappa shape index (κ1) is 44.3. The molecule has 1 aromatic carbocycles. The number of aliphatic hydroxyl groups excluding tert-OH is 1. The van der Waals surface area contributed by atoms with Gasteiger partial charge in [-0.05, 0) is 128 Å². The van der Waals surface area contributed by atoms with E-state index in [-0.39, 0.29) is 29.4 Å². The van der Waals surface area contributed by atoms with E-state index < -0.39 is 0 Å². The minimum atomic E-state index is -0.325. The van der Waals surface area contributed by atoms with Gasteiger partial charge < -0.3 is 34.7 Å². The number of hydrogen-bond acceptors (Lipinski definition) is 11. The number of pyridine rings is 3. The maximum Gasteiger partial charge on any atom is 0.276 e. The van der Waals surface area contributed by atoms with Gasteiger partial charge in [0.1, 0.15) is 23.0 Å². The van der Waals surface area contributed by atoms with E-state index in [1.807, 2.05) is 24.4 Å². The zero-order chi connectivity index (χ0) is 47.3. The van der Waals surface area contributed by atoms with Crippen molar-refractivity contribution in [2.75, 3.05) is 60.9 Å². The normalized spacial score (nSPS) is 24.5. The van der Waals surface area contributed by atoms with E-state index in [1.54, 1.807) is 30.4 Å². The van der Waals surface area contributed by atoms with Crippen molar-refractivity contribution >= 4 is 34.8 Å². The van der Waals surface area contributed by atoms with Crippen LogP contribution in [0.15, 0.2) is 65.8 Å². The molecule has 4 aromatic heterocycles. The van der Waals surface area contributed by atoms with Gasteiger partial charge in [0.2, 0.25) is 0 Å². The molecule has 12 rings (SSSR count). The molecule has 7 aliphatic rings. The number of hydrogen-bond donors (Lipinski definition) is 3. The van der Waals surface area contributed by atoms with Crippen LogP contribution in [0, 0.1) is 5.41 Å². The number of aliphatic hydroxyl groups is 1. The highest BCUT2D eigenvalue weighted by atomic mass is 16.3. The molecule has 0 spiro atoms. The molecular formula is C54H65N11O4. The molecule has 2 amide bonds. The minimum Gasteiger partial charge on any atom is -0.392 e. The second-order valence-electron chi connectivity index (χ2n) is 21.8. The van der Waals surface area contributed by atoms with E-state index in [4.69, 9.17) is 4.98 Å². The van der Waals surface area contributed by atoms with Crippen molar-refractivity contribution in [2.24, 2.45) is 12.5 Å². The second kappa shape index (κ2) is 17.2. The monoisotopic (exact) mass is 932 g/mol. The fourth-order valence-corrected chi connectivity index (χ4v) is 13.2. The molecule has 3 saturated heterocycles. The fourth-order valence-electron chi connectivity index (χ4n) is 13.2. The SMILES string of the molecule is C[C@H]1CN([C@@H]2CCN3Cc4cc5c(cc4C[C@@H]3C2)CN(C2CCCNC2)C5=O)CCN1c1ccc(Nc2cc(-c3ccnc(N4CCn5c(cc6c5CC(C)(C)C6)C4=O)c3CO)cn(C)c2=O)nc1. The number of nitrogens with one attached hydrogen (secondary N) is 2. The van der Waals surface area contributed by atoms with Crippen LogP contribution in [0.3, 0.4) is 0 Å². The van der Waals surface area contributed by atoms with Crippen LogP contribution in [0.2, 0.25) is 0 Å². The quantitative estimate of drug-likeness (QED) is 0.182. The molecule has 15 heteroatoms. The Morgan fingerprint density at radius 2 is 1.71 bits per heavy atom. The van der Waals surface area contributed by atoms with Crippen molar-refractivity contribution < 1.29 is 14.7 Å². The highest BCUT2D eigenvalue weighted by molar-refractivity contribution is 6.06. The number of fused-ring (bicyclic) bond motifs is 6. The van der Waals surface area contributed by atoms with Crippen LogP contribution in [0.5, 0.6) is 0 Å². The van der Waals surface area contributed by atoms with Gasteiger partial charge in [0.25, 0.3) is 17.4 Å². The van der Waals surface area contributed by atoms with E-state index in [0.717, 1.165) is 102 Å². The lowest BCUT2D eigenvalue weighted by Crippen LogP contribution is -2.58. The summed E-state index contributed by atoms with van der Waals surface area (Å²) < 4.78 is 3.71. The lowest BCUT2D eigenvalue weighted by molar-refractivity contribution is 0.0458. The van der Waals surface area contributed by atoms with Gasteiger partial charge in [-0.15, -0.1) is 0 Å². The zero-order valence-electron chi connectivity index (χ0n) is 40.5. The van der Waals surface area contributed by atoms with Crippen molar-refractivity contribution in [2.45, 2.75) is 116 Å². The summed E-state index contributed by atoms with van der Waals surface area (Å²) >= 11 is 0. The number of aromatic nitrogens is 4. The molecular weight excluding hydrogens is 867 g/mol. The van der Waals surface area contributed by atoms with Gasteiger partial charge in [0, 0.05) is 125 Å². The van der Waals surface area contributed by atoms with Gasteiger partial charge in [-0.1, -0.05) is 19.9 Å². The molecule has 1 unspecified atom stereocenters. The number of amides is 2. The molecule has 10 heterocycles. The Bertz CT molecular complexity index is 2920. The zero-order valence-corrected chi connectivity index (χ0v) is 40.5. The van der Waals surface area contributed by atoms with Gasteiger partial charge in [-0.25, -0.2) is 9.97 Å². The number of anilines is 4. The number of carbonyl (C=O) groups excluding carboxylic acids is 2. The average molecular weight is 932 g/mol. The molecule has 0 bridgehead atoms. The Labute approximate surface area is 404 Å². The lowest BCUT2D eigenvalue weighted by Gasteiger charge is -2.49. The number of nitrogens with zero attached hydrogens (tertiary/aromatic N) is 9. The van der Waals surface area contributed by atoms with Crippen molar-refractivity contribution in [3.05, 3.63) is 116 Å². The van der Waals surface area contributed by atoms with Crippen molar-refractivity contribution in [3.8, 4) is 11.1 Å². The summed E-state index contributed by atoms with van der Waals surface area (Å²) in [5.41, 5.74) is 11.5. The number of aryl methyl sites for hydroxylation is 1. The lowest BCUT2D eigenvalue weighted by atomic mass is 9.84. The molecule has 1 aliphatic carbocycles. The Hall–Kier alpha value is -5.87. The van der Waals surface area contributed by atoms with E-state index in [2.05, 4.69) is 78.8 Å². The van der Waals surface area contributed by atoms with Crippen LogP contribution in [0.4, 0.5) is 23.0 Å². The first-order valence-corrected chi connectivity index (χ1v) is 25.4. The molecule has 5 aromatic rings. The van der Waals surface area contributed by atoms with Gasteiger partial charge in [-0.3, -0.25) is 29.1 Å². The summed E-state index contributed by atoms with van der Waals surface area (Å²) in [6.45, 7) is 15.3. The van der Waals surface area contributed by atoms with Gasteiger partial charge in [-0.2, -0.15) is 0 Å². The molecule has 6 aliphatic heterocycles. The Morgan fingerprint density at radius 1 is 0.826 bits per heavy atom. The minimum absolute atomic E-state index is 0.114. The van der Waals surface area contributed by atoms with Crippen molar-refractivity contribution in [1.29, 1.82) is 0 Å². The predicted molar refractivity (Wildman–Crippen MR) is 267 cm³/mol. The van der Waals surface area contributed by atoms with Crippen LogP contribution in [0.25, 0.3) is 11.1 Å². The molecule has 3 fully saturated rings. The number of piperazine rings is 1. The van der Waals surface area contributed by atoms with E-state index >= 15 is 0 Å². The number of benzene rings is 1. The number of piperidine rings is 2. The summed E-state index contributed by atoms with van der Waals surface area (Å²) in [6, 6.07) is 16.0. The van der Waals surface area contributed by atoms with Crippen molar-refractivity contribution in [3.63, 3.8) is 0 Å². The largest absolute Gasteiger partial charge is 0.392 e. The van der Waals surface area contributed by atoms with E-state index in [1.165, 1.54) is 38.9 Å². The van der Waals surface area contributed by atoms with Crippen LogP contribution in [0.1, 0.15) is 101 Å². The Balaban J connectivity index is 0.693. The second-order valence-corrected chi connectivity index (χ2v) is 21.8. The van der Waals surface area contributed by atoms with Crippen LogP contribution in [-0.4, -0.2) is 121 Å². The maximum absolute atomic E-state index is 14.0. The van der Waals surface area contributed by atoms with Gasteiger partial charge in [0.05, 0.1) is 18.5 Å². The van der Waals surface area contributed by atoms with E-state index in [9.17, 15) is 19.5 Å². The third kappa shape index (κ3) is 7.85. The molecule has 0 radical (unpaired) electrons. The predicted octanol–water partition coefficient (Wildman–Crippen LogP) is 5.47. The smallest absolute Gasteiger partial charge is 0.276 e. The topological polar surface area (TPSA) is 147 Å². The number of rotatable bonds is 8. The van der Waals surface area contributed by atoms with Crippen LogP contribution in [-0.2, 0) is 52.6 Å². The molecule has 69 heavy (non-hydrogen) atoms. The Morgan fingerprint density at radius 3 is 2.51 bits per heavy atom. The van der Waals surface area contributed by atoms with Crippen molar-refractivity contribution in [1.82, 2.24) is 39.1 Å². The summed E-state index contributed by atoms with van der Waals surface area (Å²) in [4.78, 5) is 62.2. The Kier molecular flexibility index (Phi) is 11.1. The summed E-state index contributed by atoms with van der Waals surface area (Å²) in [5, 5.41) is 17.6. The van der Waals surface area contributed by atoms with Gasteiger partial charge in [0.15, 0.2) is 0 Å². The third-order valence-corrected chi connectivity index (χ3v) is 16.7. The first-order chi connectivity index (χ1) is 33.4. The summed E-state index contributed by atoms with van der Waals surface area (Å²) in [7, 11) is 1.72. The molecule has 360 valence electrons. The molecule has 4 atom stereocenters. The fraction of sp³-hybridized carbons (Fsp3) is 0.500. The summed E-state index contributed by atoms with van der Waals surface area (Å²) in [6.07, 6.45) is 12.8. The summed E-state index contributed by atoms with van der Waals surface area (Å²) in [5.74, 6) is 1.10. The average Bonchev–Trinajstić information content (AvgIpc) is 3.97. The highest BCUT2D eigenvalue weighted by Gasteiger charge is 2.41. The third-order valence-electron chi connectivity index (χ3n) is 16.7. The number of carbonyl (C=O) groups is 2. The van der Waals surface area contributed by atoms with Crippen LogP contribution >= 0.6 is 0 Å². The standard InChI is InChI=1S/C54H65N11O4/c1-33-28-61(39-10-13-60-30-36-20-44-37(18-34(36)19-42(60)23-39)31-65(51(44)67)40-6-5-11-55-26-40)14-15-62(33)41-7-8-49(57-27-41)58-46-21-38(29-59(4)52(46)68)43-9-12-56-50(45(43)32-66)64-17-16-63-47(53(64)69)22-35-24-54(2,3)25-48(35)63/h7-9,12,18,20-22,27,29,33,39-40,42,55,66H,5-6,10-11,13-17,19,23-26,28,30-32H2,1-4H3,(H,57,58)/t33-,39+,40?,42+/m0/s1. The molecule has 15 nitrogen and oxygen atoms in total. The molecule has 3 N–H and O–H groups in total. The first-order valence-electron chi connectivity index (χ1n) is 25.4. The molecule has 0 saturated carbocycles. The van der Waals surface area contributed by atoms with Crippen LogP contribution < -0.4 is 26.0 Å². The highest BCUT2D eigenvalue weighted by Crippen LogP contribution is 2.41. The van der Waals surface area contributed by atoms with E-state index in [0.29, 0.717) is 77.0 Å².